The zero-order chi connectivity index (χ0) is 6.97. The van der Waals surface area contributed by atoms with Crippen molar-refractivity contribution in [1.29, 1.82) is 0 Å². The molecule has 1 aromatic rings. The second-order valence-corrected chi connectivity index (χ2v) is 4.28. The van der Waals surface area contributed by atoms with Gasteiger partial charge in [-0.2, -0.15) is 4.37 Å². The van der Waals surface area contributed by atoms with Crippen molar-refractivity contribution in [3.8, 4) is 0 Å². The highest BCUT2D eigenvalue weighted by Gasteiger charge is 2.22. The number of hydrogen-bond acceptors (Lipinski definition) is 3. The summed E-state index contributed by atoms with van der Waals surface area (Å²) in [6, 6.07) is 0. The number of nitrogens with zero attached hydrogens (tertiary/aromatic N) is 2. The van der Waals surface area contributed by atoms with E-state index in [1.807, 2.05) is 0 Å². The standard InChI is InChI=1S/C6H7IN2S/c7-6-8-5(10-9-6)4-2-1-3-4/h4H,1-3H2. The van der Waals surface area contributed by atoms with Crippen molar-refractivity contribution in [2.75, 3.05) is 0 Å². The van der Waals surface area contributed by atoms with Crippen LogP contribution in [0.25, 0.3) is 0 Å². The maximum absolute atomic E-state index is 4.33. The molecule has 10 heavy (non-hydrogen) atoms. The largest absolute Gasteiger partial charge is 0.215 e. The van der Waals surface area contributed by atoms with E-state index < -0.39 is 0 Å². The first-order chi connectivity index (χ1) is 4.86. The van der Waals surface area contributed by atoms with Gasteiger partial charge in [-0.3, -0.25) is 0 Å². The average Bonchev–Trinajstić information content (AvgIpc) is 2.10. The second-order valence-electron chi connectivity index (χ2n) is 2.53. The molecule has 1 aliphatic rings. The molecule has 54 valence electrons. The molecule has 1 aromatic heterocycles. The lowest BCUT2D eigenvalue weighted by Gasteiger charge is -2.21. The Morgan fingerprint density at radius 2 is 2.30 bits per heavy atom. The first-order valence-corrected chi connectivity index (χ1v) is 5.20. The molecule has 0 spiro atoms. The summed E-state index contributed by atoms with van der Waals surface area (Å²) in [7, 11) is 0. The summed E-state index contributed by atoms with van der Waals surface area (Å²) in [4.78, 5) is 4.33. The minimum Gasteiger partial charge on any atom is -0.215 e. The van der Waals surface area contributed by atoms with Gasteiger partial charge in [0.2, 0.25) is 3.83 Å². The molecule has 0 saturated heterocycles. The van der Waals surface area contributed by atoms with Crippen molar-refractivity contribution < 1.29 is 0 Å². The molecule has 4 heteroatoms. The molecule has 0 aliphatic heterocycles. The summed E-state index contributed by atoms with van der Waals surface area (Å²) >= 11 is 3.73. The van der Waals surface area contributed by atoms with Gasteiger partial charge in [-0.25, -0.2) is 4.98 Å². The third-order valence-corrected chi connectivity index (χ3v) is 3.56. The van der Waals surface area contributed by atoms with Crippen molar-refractivity contribution in [2.24, 2.45) is 0 Å². The predicted octanol–water partition coefficient (Wildman–Crippen LogP) is 2.41. The van der Waals surface area contributed by atoms with Crippen LogP contribution in [0.4, 0.5) is 0 Å². The van der Waals surface area contributed by atoms with Crippen LogP contribution < -0.4 is 0 Å². The van der Waals surface area contributed by atoms with Crippen molar-refractivity contribution in [3.05, 3.63) is 8.84 Å². The van der Waals surface area contributed by atoms with Gasteiger partial charge in [0.25, 0.3) is 0 Å². The number of aromatic nitrogens is 2. The highest BCUT2D eigenvalue weighted by atomic mass is 127. The summed E-state index contributed by atoms with van der Waals surface area (Å²) in [6.45, 7) is 0. The first-order valence-electron chi connectivity index (χ1n) is 3.35. The lowest BCUT2D eigenvalue weighted by molar-refractivity contribution is 0.418. The quantitative estimate of drug-likeness (QED) is 0.729. The van der Waals surface area contributed by atoms with E-state index in [9.17, 15) is 0 Å². The number of hydrogen-bond donors (Lipinski definition) is 0. The van der Waals surface area contributed by atoms with Crippen molar-refractivity contribution >= 4 is 34.1 Å². The molecule has 0 unspecified atom stereocenters. The molecular weight excluding hydrogens is 259 g/mol. The number of halogens is 1. The molecular formula is C6H7IN2S. The lowest BCUT2D eigenvalue weighted by atomic mass is 9.86. The van der Waals surface area contributed by atoms with Gasteiger partial charge in [-0.15, -0.1) is 0 Å². The van der Waals surface area contributed by atoms with Gasteiger partial charge in [0.1, 0.15) is 5.01 Å². The fourth-order valence-corrected chi connectivity index (χ4v) is 2.48. The van der Waals surface area contributed by atoms with Crippen LogP contribution >= 0.6 is 34.1 Å². The Balaban J connectivity index is 2.17. The molecule has 0 N–H and O–H groups in total. The Morgan fingerprint density at radius 3 is 2.70 bits per heavy atom. The summed E-state index contributed by atoms with van der Waals surface area (Å²) in [6.07, 6.45) is 4.03. The zero-order valence-corrected chi connectivity index (χ0v) is 8.35. The molecule has 1 fully saturated rings. The third kappa shape index (κ3) is 1.18. The summed E-state index contributed by atoms with van der Waals surface area (Å²) in [5.74, 6) is 0.751. The monoisotopic (exact) mass is 266 g/mol. The Labute approximate surface area is 77.4 Å². The molecule has 0 amide bonds. The molecule has 0 bridgehead atoms. The van der Waals surface area contributed by atoms with Crippen LogP contribution in [0, 0.1) is 3.83 Å². The van der Waals surface area contributed by atoms with Gasteiger partial charge in [0.15, 0.2) is 0 Å². The van der Waals surface area contributed by atoms with E-state index in [0.29, 0.717) is 0 Å². The van der Waals surface area contributed by atoms with E-state index in [1.54, 1.807) is 11.5 Å². The Hall–Kier alpha value is 0.290. The van der Waals surface area contributed by atoms with Gasteiger partial charge in [-0.05, 0) is 24.4 Å². The van der Waals surface area contributed by atoms with E-state index in [1.165, 1.54) is 24.3 Å². The van der Waals surface area contributed by atoms with E-state index in [2.05, 4.69) is 31.9 Å². The van der Waals surface area contributed by atoms with Crippen LogP contribution in [-0.2, 0) is 0 Å². The minimum atomic E-state index is 0.751. The van der Waals surface area contributed by atoms with Gasteiger partial charge in [0, 0.05) is 28.5 Å². The lowest BCUT2D eigenvalue weighted by Crippen LogP contribution is -2.07. The molecule has 2 rings (SSSR count). The molecule has 1 heterocycles. The topological polar surface area (TPSA) is 25.8 Å². The molecule has 0 aromatic carbocycles. The van der Waals surface area contributed by atoms with E-state index in [-0.39, 0.29) is 0 Å². The maximum atomic E-state index is 4.33. The van der Waals surface area contributed by atoms with Crippen molar-refractivity contribution in [1.82, 2.24) is 9.36 Å². The molecule has 0 radical (unpaired) electrons. The SMILES string of the molecule is Ic1nsc(C2CCC2)n1. The fourth-order valence-electron chi connectivity index (χ4n) is 1.04. The Morgan fingerprint density at radius 1 is 1.50 bits per heavy atom. The average molecular weight is 266 g/mol. The molecule has 2 nitrogen and oxygen atoms in total. The highest BCUT2D eigenvalue weighted by Crippen LogP contribution is 2.36. The van der Waals surface area contributed by atoms with Gasteiger partial charge in [0.05, 0.1) is 0 Å². The van der Waals surface area contributed by atoms with Crippen LogP contribution in [0.15, 0.2) is 0 Å². The third-order valence-electron chi connectivity index (χ3n) is 1.87. The van der Waals surface area contributed by atoms with Crippen molar-refractivity contribution in [3.63, 3.8) is 0 Å². The summed E-state index contributed by atoms with van der Waals surface area (Å²) < 4.78 is 5.04. The summed E-state index contributed by atoms with van der Waals surface area (Å²) in [5, 5.41) is 1.25. The van der Waals surface area contributed by atoms with Crippen LogP contribution in [-0.4, -0.2) is 9.36 Å². The minimum absolute atomic E-state index is 0.751. The second kappa shape index (κ2) is 2.73. The highest BCUT2D eigenvalue weighted by molar-refractivity contribution is 14.1. The molecule has 0 atom stereocenters. The van der Waals surface area contributed by atoms with Crippen LogP contribution in [0.1, 0.15) is 30.2 Å². The maximum Gasteiger partial charge on any atom is 0.203 e. The molecule has 1 saturated carbocycles. The number of rotatable bonds is 1. The van der Waals surface area contributed by atoms with Gasteiger partial charge in [-0.1, -0.05) is 6.42 Å². The smallest absolute Gasteiger partial charge is 0.203 e. The first kappa shape index (κ1) is 6.97. The van der Waals surface area contributed by atoms with Gasteiger partial charge < -0.3 is 0 Å². The Bertz CT molecular complexity index is 231. The fraction of sp³-hybridized carbons (Fsp3) is 0.667. The summed E-state index contributed by atoms with van der Waals surface area (Å²) in [5.41, 5.74) is 0. The normalized spacial score (nSPS) is 18.9. The van der Waals surface area contributed by atoms with E-state index >= 15 is 0 Å². The zero-order valence-electron chi connectivity index (χ0n) is 5.38. The van der Waals surface area contributed by atoms with Crippen LogP contribution in [0.5, 0.6) is 0 Å². The molecule has 1 aliphatic carbocycles. The van der Waals surface area contributed by atoms with Gasteiger partial charge >= 0.3 is 0 Å². The predicted molar refractivity (Wildman–Crippen MR) is 49.2 cm³/mol. The van der Waals surface area contributed by atoms with Crippen LogP contribution in [0.3, 0.4) is 0 Å². The van der Waals surface area contributed by atoms with Crippen molar-refractivity contribution in [2.45, 2.75) is 25.2 Å². The Kier molecular flexibility index (Phi) is 1.90. The van der Waals surface area contributed by atoms with E-state index in [4.69, 9.17) is 0 Å². The van der Waals surface area contributed by atoms with E-state index in [0.717, 1.165) is 9.75 Å². The van der Waals surface area contributed by atoms with Crippen LogP contribution in [0.2, 0.25) is 0 Å².